The van der Waals surface area contributed by atoms with E-state index in [1.807, 2.05) is 19.9 Å². The first-order valence-corrected chi connectivity index (χ1v) is 7.21. The number of halogens is 1. The van der Waals surface area contributed by atoms with Crippen molar-refractivity contribution in [2.45, 2.75) is 13.8 Å². The smallest absolute Gasteiger partial charge is 0.317 e. The highest BCUT2D eigenvalue weighted by Crippen LogP contribution is 2.16. The van der Waals surface area contributed by atoms with Gasteiger partial charge in [0.15, 0.2) is 0 Å². The van der Waals surface area contributed by atoms with Crippen molar-refractivity contribution in [3.63, 3.8) is 0 Å². The molecular weight excluding hydrogens is 304 g/mol. The van der Waals surface area contributed by atoms with E-state index in [2.05, 4.69) is 5.32 Å². The summed E-state index contributed by atoms with van der Waals surface area (Å²) in [6, 6.07) is 5.30. The molecule has 1 aromatic carbocycles. The molecule has 0 saturated carbocycles. The van der Waals surface area contributed by atoms with Gasteiger partial charge in [0, 0.05) is 44.0 Å². The van der Waals surface area contributed by atoms with Gasteiger partial charge in [-0.15, -0.1) is 12.4 Å². The minimum absolute atomic E-state index is 0. The summed E-state index contributed by atoms with van der Waals surface area (Å²) >= 11 is 0. The molecule has 0 aromatic heterocycles. The molecule has 0 spiro atoms. The first kappa shape index (κ1) is 18.1. The van der Waals surface area contributed by atoms with Crippen LogP contribution in [-0.4, -0.2) is 54.5 Å². The van der Waals surface area contributed by atoms with E-state index in [0.717, 1.165) is 5.56 Å². The van der Waals surface area contributed by atoms with Crippen molar-refractivity contribution in [2.24, 2.45) is 0 Å². The van der Waals surface area contributed by atoms with Gasteiger partial charge in [-0.1, -0.05) is 6.07 Å². The Bertz CT molecular complexity index is 542. The van der Waals surface area contributed by atoms with Crippen LogP contribution in [0.5, 0.6) is 0 Å². The number of nitrogens with one attached hydrogen (secondary N) is 1. The van der Waals surface area contributed by atoms with Gasteiger partial charge in [-0.05, 0) is 31.5 Å². The van der Waals surface area contributed by atoms with E-state index in [9.17, 15) is 9.59 Å². The Hall–Kier alpha value is -1.95. The molecule has 7 heteroatoms. The predicted octanol–water partition coefficient (Wildman–Crippen LogP) is 1.49. The van der Waals surface area contributed by atoms with Crippen molar-refractivity contribution in [1.29, 1.82) is 0 Å². The Labute approximate surface area is 137 Å². The zero-order valence-corrected chi connectivity index (χ0v) is 13.8. The van der Waals surface area contributed by atoms with Crippen LogP contribution in [0.3, 0.4) is 0 Å². The van der Waals surface area contributed by atoms with Crippen molar-refractivity contribution in [3.8, 4) is 0 Å². The van der Waals surface area contributed by atoms with Crippen molar-refractivity contribution in [3.05, 3.63) is 29.3 Å². The average molecular weight is 327 g/mol. The summed E-state index contributed by atoms with van der Waals surface area (Å²) in [6.07, 6.45) is 0. The topological polar surface area (TPSA) is 78.7 Å². The van der Waals surface area contributed by atoms with Gasteiger partial charge in [0.05, 0.1) is 0 Å². The van der Waals surface area contributed by atoms with Gasteiger partial charge >= 0.3 is 6.03 Å². The van der Waals surface area contributed by atoms with Crippen LogP contribution in [0.25, 0.3) is 0 Å². The highest BCUT2D eigenvalue weighted by Gasteiger charge is 2.25. The number of aryl methyl sites for hydroxylation is 1. The van der Waals surface area contributed by atoms with Gasteiger partial charge < -0.3 is 20.9 Å². The second kappa shape index (κ2) is 7.89. The van der Waals surface area contributed by atoms with Crippen molar-refractivity contribution in [1.82, 2.24) is 15.1 Å². The van der Waals surface area contributed by atoms with Gasteiger partial charge in [-0.2, -0.15) is 0 Å². The molecule has 0 aliphatic carbocycles. The second-order valence-corrected chi connectivity index (χ2v) is 5.19. The molecule has 6 nitrogen and oxygen atoms in total. The predicted molar refractivity (Wildman–Crippen MR) is 89.4 cm³/mol. The van der Waals surface area contributed by atoms with Crippen molar-refractivity contribution in [2.75, 3.05) is 38.5 Å². The fourth-order valence-corrected chi connectivity index (χ4v) is 2.42. The fraction of sp³-hybridized carbons (Fsp3) is 0.467. The van der Waals surface area contributed by atoms with Gasteiger partial charge in [0.25, 0.3) is 5.91 Å². The molecule has 0 bridgehead atoms. The van der Waals surface area contributed by atoms with Crippen LogP contribution in [0.4, 0.5) is 10.5 Å². The molecule has 122 valence electrons. The maximum Gasteiger partial charge on any atom is 0.317 e. The molecule has 0 atom stereocenters. The molecule has 22 heavy (non-hydrogen) atoms. The van der Waals surface area contributed by atoms with Crippen LogP contribution >= 0.6 is 12.4 Å². The molecule has 1 aliphatic rings. The molecule has 2 rings (SSSR count). The van der Waals surface area contributed by atoms with Gasteiger partial charge in [0.2, 0.25) is 0 Å². The molecule has 3 N–H and O–H groups in total. The third kappa shape index (κ3) is 4.04. The molecule has 1 aliphatic heterocycles. The number of nitrogens with two attached hydrogens (primary N) is 1. The molecule has 1 heterocycles. The van der Waals surface area contributed by atoms with E-state index < -0.39 is 0 Å². The number of hydrogen-bond donors (Lipinski definition) is 2. The average Bonchev–Trinajstić information content (AvgIpc) is 2.49. The van der Waals surface area contributed by atoms with Crippen LogP contribution in [0.1, 0.15) is 22.8 Å². The Kier molecular flexibility index (Phi) is 6.49. The number of benzene rings is 1. The molecule has 0 unspecified atom stereocenters. The summed E-state index contributed by atoms with van der Waals surface area (Å²) in [7, 11) is 0. The standard InChI is InChI=1S/C15H22N4O2.ClH/c1-3-17-15(21)19-8-6-18(7-9-19)14(20)13-10-12(16)5-4-11(13)2;/h4-5,10H,3,6-9,16H2,1-2H3,(H,17,21);1H. The van der Waals surface area contributed by atoms with Crippen molar-refractivity contribution < 1.29 is 9.59 Å². The van der Waals surface area contributed by atoms with Gasteiger partial charge in [-0.3, -0.25) is 4.79 Å². The van der Waals surface area contributed by atoms with Crippen LogP contribution in [0.2, 0.25) is 0 Å². The summed E-state index contributed by atoms with van der Waals surface area (Å²) in [5.41, 5.74) is 7.90. The largest absolute Gasteiger partial charge is 0.399 e. The summed E-state index contributed by atoms with van der Waals surface area (Å²) < 4.78 is 0. The zero-order chi connectivity index (χ0) is 15.4. The number of carbonyl (C=O) groups excluding carboxylic acids is 2. The summed E-state index contributed by atoms with van der Waals surface area (Å²) in [4.78, 5) is 27.8. The number of urea groups is 1. The van der Waals surface area contributed by atoms with E-state index >= 15 is 0 Å². The lowest BCUT2D eigenvalue weighted by Gasteiger charge is -2.35. The maximum atomic E-state index is 12.5. The number of nitrogen functional groups attached to an aromatic ring is 1. The van der Waals surface area contributed by atoms with E-state index in [1.54, 1.807) is 21.9 Å². The number of nitrogens with zero attached hydrogens (tertiary/aromatic N) is 2. The maximum absolute atomic E-state index is 12.5. The SMILES string of the molecule is CCNC(=O)N1CCN(C(=O)c2cc(N)ccc2C)CC1.Cl. The molecule has 1 saturated heterocycles. The lowest BCUT2D eigenvalue weighted by atomic mass is 10.1. The van der Waals surface area contributed by atoms with Crippen LogP contribution in [-0.2, 0) is 0 Å². The van der Waals surface area contributed by atoms with E-state index in [-0.39, 0.29) is 24.3 Å². The molecule has 3 amide bonds. The quantitative estimate of drug-likeness (QED) is 0.808. The van der Waals surface area contributed by atoms with Crippen LogP contribution in [0, 0.1) is 6.92 Å². The van der Waals surface area contributed by atoms with Gasteiger partial charge in [0.1, 0.15) is 0 Å². The van der Waals surface area contributed by atoms with Crippen molar-refractivity contribution >= 4 is 30.0 Å². The third-order valence-corrected chi connectivity index (χ3v) is 3.67. The van der Waals surface area contributed by atoms with Crippen LogP contribution < -0.4 is 11.1 Å². The first-order valence-electron chi connectivity index (χ1n) is 7.21. The number of amides is 3. The minimum atomic E-state index is -0.0651. The highest BCUT2D eigenvalue weighted by atomic mass is 35.5. The number of hydrogen-bond acceptors (Lipinski definition) is 3. The molecular formula is C15H23ClN4O2. The summed E-state index contributed by atoms with van der Waals surface area (Å²) in [5.74, 6) is -0.0182. The summed E-state index contributed by atoms with van der Waals surface area (Å²) in [5, 5.41) is 2.77. The lowest BCUT2D eigenvalue weighted by molar-refractivity contribution is 0.0664. The fourth-order valence-electron chi connectivity index (χ4n) is 2.42. The summed E-state index contributed by atoms with van der Waals surface area (Å²) in [6.45, 7) is 6.60. The molecule has 1 aromatic rings. The van der Waals surface area contributed by atoms with E-state index in [1.165, 1.54) is 0 Å². The Morgan fingerprint density at radius 1 is 1.18 bits per heavy atom. The van der Waals surface area contributed by atoms with Gasteiger partial charge in [-0.25, -0.2) is 4.79 Å². The minimum Gasteiger partial charge on any atom is -0.399 e. The monoisotopic (exact) mass is 326 g/mol. The lowest BCUT2D eigenvalue weighted by Crippen LogP contribution is -2.53. The Morgan fingerprint density at radius 3 is 2.36 bits per heavy atom. The highest BCUT2D eigenvalue weighted by molar-refractivity contribution is 5.96. The molecule has 0 radical (unpaired) electrons. The zero-order valence-electron chi connectivity index (χ0n) is 13.0. The third-order valence-electron chi connectivity index (χ3n) is 3.67. The second-order valence-electron chi connectivity index (χ2n) is 5.19. The first-order chi connectivity index (χ1) is 10.0. The Morgan fingerprint density at radius 2 is 1.77 bits per heavy atom. The van der Waals surface area contributed by atoms with E-state index in [0.29, 0.717) is 44.0 Å². The number of rotatable bonds is 2. The van der Waals surface area contributed by atoms with Crippen LogP contribution in [0.15, 0.2) is 18.2 Å². The number of piperazine rings is 1. The normalized spacial score (nSPS) is 14.3. The van der Waals surface area contributed by atoms with E-state index in [4.69, 9.17) is 5.73 Å². The Balaban J connectivity index is 0.00000242. The number of anilines is 1. The number of carbonyl (C=O) groups is 2. The molecule has 1 fully saturated rings.